The molecule has 3 rings (SSSR count). The van der Waals surface area contributed by atoms with Crippen LogP contribution in [0.3, 0.4) is 0 Å². The number of halogens is 2. The van der Waals surface area contributed by atoms with Crippen LogP contribution in [0.25, 0.3) is 0 Å². The van der Waals surface area contributed by atoms with Crippen molar-refractivity contribution in [1.29, 1.82) is 0 Å². The molecule has 0 N–H and O–H groups in total. The number of carbonyl (C=O) groups is 1. The van der Waals surface area contributed by atoms with Gasteiger partial charge in [-0.25, -0.2) is 8.78 Å². The highest BCUT2D eigenvalue weighted by Gasteiger charge is 2.27. The van der Waals surface area contributed by atoms with Gasteiger partial charge in [0.25, 0.3) is 11.6 Å². The Kier molecular flexibility index (Phi) is 5.22. The second kappa shape index (κ2) is 7.57. The lowest BCUT2D eigenvalue weighted by atomic mass is 10.1. The minimum atomic E-state index is -0.882. The highest BCUT2D eigenvalue weighted by atomic mass is 19.2. The molecule has 0 saturated carbocycles. The number of nitro groups is 1. The lowest BCUT2D eigenvalue weighted by molar-refractivity contribution is -0.385. The Morgan fingerprint density at radius 2 is 1.73 bits per heavy atom. The molecule has 2 aromatic carbocycles. The largest absolute Gasteiger partial charge is 0.336 e. The first-order valence-electron chi connectivity index (χ1n) is 8.15. The van der Waals surface area contributed by atoms with Crippen LogP contribution in [0.1, 0.15) is 15.9 Å². The fraction of sp³-hybridized carbons (Fsp3) is 0.278. The summed E-state index contributed by atoms with van der Waals surface area (Å²) in [6.45, 7) is 1.92. The van der Waals surface area contributed by atoms with Crippen LogP contribution in [0, 0.1) is 21.7 Å². The molecule has 0 spiro atoms. The Bertz CT molecular complexity index is 836. The van der Waals surface area contributed by atoms with Gasteiger partial charge in [0.05, 0.1) is 4.92 Å². The number of benzene rings is 2. The average Bonchev–Trinajstić information content (AvgIpc) is 2.65. The van der Waals surface area contributed by atoms with Gasteiger partial charge in [-0.05, 0) is 12.1 Å². The number of hydrogen-bond donors (Lipinski definition) is 0. The molecule has 1 aliphatic heterocycles. The number of hydrogen-bond acceptors (Lipinski definition) is 4. The van der Waals surface area contributed by atoms with Crippen LogP contribution >= 0.6 is 0 Å². The van der Waals surface area contributed by atoms with E-state index in [0.717, 1.165) is 6.07 Å². The average molecular weight is 361 g/mol. The van der Waals surface area contributed by atoms with Gasteiger partial charge in [-0.1, -0.05) is 24.3 Å². The number of amides is 1. The summed E-state index contributed by atoms with van der Waals surface area (Å²) in [7, 11) is 0. The topological polar surface area (TPSA) is 66.7 Å². The van der Waals surface area contributed by atoms with Crippen molar-refractivity contribution in [2.24, 2.45) is 0 Å². The third kappa shape index (κ3) is 3.70. The molecule has 0 atom stereocenters. The van der Waals surface area contributed by atoms with Crippen LogP contribution < -0.4 is 0 Å². The first-order valence-corrected chi connectivity index (χ1v) is 8.15. The van der Waals surface area contributed by atoms with E-state index < -0.39 is 22.5 Å². The molecule has 0 aromatic heterocycles. The molecule has 0 aliphatic carbocycles. The first-order chi connectivity index (χ1) is 12.5. The summed E-state index contributed by atoms with van der Waals surface area (Å²) in [6, 6.07) is 9.91. The van der Waals surface area contributed by atoms with Gasteiger partial charge in [-0.3, -0.25) is 19.8 Å². The minimum absolute atomic E-state index is 0.0575. The minimum Gasteiger partial charge on any atom is -0.336 e. The zero-order valence-electron chi connectivity index (χ0n) is 13.9. The molecule has 1 heterocycles. The third-order valence-electron chi connectivity index (χ3n) is 4.42. The highest BCUT2D eigenvalue weighted by Crippen LogP contribution is 2.21. The van der Waals surface area contributed by atoms with Crippen molar-refractivity contribution in [1.82, 2.24) is 9.80 Å². The van der Waals surface area contributed by atoms with Crippen molar-refractivity contribution in [2.75, 3.05) is 26.2 Å². The predicted molar refractivity (Wildman–Crippen MR) is 90.6 cm³/mol. The molecule has 2 aromatic rings. The number of nitrogens with zero attached hydrogens (tertiary/aromatic N) is 3. The molecule has 6 nitrogen and oxygen atoms in total. The fourth-order valence-electron chi connectivity index (χ4n) is 3.00. The Labute approximate surface area is 148 Å². The van der Waals surface area contributed by atoms with Gasteiger partial charge in [-0.2, -0.15) is 0 Å². The lowest BCUT2D eigenvalue weighted by Crippen LogP contribution is -2.48. The molecule has 136 valence electrons. The van der Waals surface area contributed by atoms with E-state index >= 15 is 0 Å². The normalized spacial score (nSPS) is 15.1. The van der Waals surface area contributed by atoms with Gasteiger partial charge in [-0.15, -0.1) is 0 Å². The van der Waals surface area contributed by atoms with Crippen LogP contribution in [-0.2, 0) is 6.54 Å². The molecule has 26 heavy (non-hydrogen) atoms. The van der Waals surface area contributed by atoms with Gasteiger partial charge in [0.15, 0.2) is 11.6 Å². The Hall–Kier alpha value is -2.87. The van der Waals surface area contributed by atoms with E-state index in [0.29, 0.717) is 26.2 Å². The number of piperazine rings is 1. The Balaban J connectivity index is 1.64. The third-order valence-corrected chi connectivity index (χ3v) is 4.42. The number of rotatable bonds is 4. The fourth-order valence-corrected chi connectivity index (χ4v) is 3.00. The Morgan fingerprint density at radius 3 is 2.42 bits per heavy atom. The van der Waals surface area contributed by atoms with Crippen LogP contribution in [0.4, 0.5) is 14.5 Å². The molecular weight excluding hydrogens is 344 g/mol. The molecule has 1 aliphatic rings. The molecule has 1 fully saturated rings. The predicted octanol–water partition coefficient (Wildman–Crippen LogP) is 2.83. The summed E-state index contributed by atoms with van der Waals surface area (Å²) in [6.07, 6.45) is 0. The van der Waals surface area contributed by atoms with Gasteiger partial charge in [0.2, 0.25) is 0 Å². The van der Waals surface area contributed by atoms with E-state index in [2.05, 4.69) is 0 Å². The smallest absolute Gasteiger partial charge is 0.282 e. The van der Waals surface area contributed by atoms with E-state index in [9.17, 15) is 23.7 Å². The van der Waals surface area contributed by atoms with Crippen LogP contribution in [0.5, 0.6) is 0 Å². The van der Waals surface area contributed by atoms with Crippen LogP contribution in [0.2, 0.25) is 0 Å². The number of nitro benzene ring substituents is 1. The standard InChI is InChI=1S/C18H17F2N3O3/c19-15-6-3-4-13(17(15)20)12-21-8-10-22(11-9-21)18(24)14-5-1-2-7-16(14)23(25)26/h1-7H,8-12H2. The van der Waals surface area contributed by atoms with Crippen molar-refractivity contribution in [3.8, 4) is 0 Å². The van der Waals surface area contributed by atoms with Crippen molar-refractivity contribution in [3.05, 3.63) is 75.3 Å². The number of carbonyl (C=O) groups excluding carboxylic acids is 1. The number of para-hydroxylation sites is 1. The van der Waals surface area contributed by atoms with E-state index in [-0.39, 0.29) is 23.4 Å². The maximum atomic E-state index is 13.8. The summed E-state index contributed by atoms with van der Waals surface area (Å²) >= 11 is 0. The van der Waals surface area contributed by atoms with Gasteiger partial charge < -0.3 is 4.90 Å². The summed E-state index contributed by atoms with van der Waals surface area (Å²) in [4.78, 5) is 26.6. The second-order valence-corrected chi connectivity index (χ2v) is 6.06. The Morgan fingerprint density at radius 1 is 1.04 bits per heavy atom. The zero-order chi connectivity index (χ0) is 18.7. The van der Waals surface area contributed by atoms with Gasteiger partial charge >= 0.3 is 0 Å². The summed E-state index contributed by atoms with van der Waals surface area (Å²) in [5.41, 5.74) is 0.104. The molecule has 1 saturated heterocycles. The first kappa shape index (κ1) is 17.9. The maximum Gasteiger partial charge on any atom is 0.282 e. The van der Waals surface area contributed by atoms with E-state index in [1.165, 1.54) is 30.3 Å². The summed E-state index contributed by atoms with van der Waals surface area (Å²) < 4.78 is 27.1. The molecule has 1 amide bonds. The SMILES string of the molecule is O=C(c1ccccc1[N+](=O)[O-])N1CCN(Cc2cccc(F)c2F)CC1. The van der Waals surface area contributed by atoms with Gasteiger partial charge in [0, 0.05) is 44.4 Å². The van der Waals surface area contributed by atoms with E-state index in [1.54, 1.807) is 11.0 Å². The van der Waals surface area contributed by atoms with Crippen molar-refractivity contribution in [3.63, 3.8) is 0 Å². The van der Waals surface area contributed by atoms with E-state index in [1.807, 2.05) is 4.90 Å². The van der Waals surface area contributed by atoms with Crippen molar-refractivity contribution < 1.29 is 18.5 Å². The van der Waals surface area contributed by atoms with Crippen molar-refractivity contribution in [2.45, 2.75) is 6.54 Å². The molecular formula is C18H17F2N3O3. The molecule has 0 radical (unpaired) electrons. The van der Waals surface area contributed by atoms with Crippen LogP contribution in [-0.4, -0.2) is 46.8 Å². The molecule has 0 bridgehead atoms. The summed E-state index contributed by atoms with van der Waals surface area (Å²) in [5.74, 6) is -2.13. The monoisotopic (exact) mass is 361 g/mol. The van der Waals surface area contributed by atoms with Gasteiger partial charge in [0.1, 0.15) is 5.56 Å². The molecule has 0 unspecified atom stereocenters. The quantitative estimate of drug-likeness (QED) is 0.620. The lowest BCUT2D eigenvalue weighted by Gasteiger charge is -2.34. The van der Waals surface area contributed by atoms with E-state index in [4.69, 9.17) is 0 Å². The highest BCUT2D eigenvalue weighted by molar-refractivity contribution is 5.98. The zero-order valence-corrected chi connectivity index (χ0v) is 13.9. The second-order valence-electron chi connectivity index (χ2n) is 6.06. The molecule has 8 heteroatoms. The summed E-state index contributed by atoms with van der Waals surface area (Å²) in [5, 5.41) is 11.1. The maximum absolute atomic E-state index is 13.8. The van der Waals surface area contributed by atoms with Crippen molar-refractivity contribution >= 4 is 11.6 Å². The van der Waals surface area contributed by atoms with Crippen LogP contribution in [0.15, 0.2) is 42.5 Å².